The van der Waals surface area contributed by atoms with E-state index in [0.29, 0.717) is 23.0 Å². The number of benzene rings is 3. The Morgan fingerprint density at radius 3 is 2.22 bits per heavy atom. The van der Waals surface area contributed by atoms with Crippen molar-refractivity contribution in [1.82, 2.24) is 24.1 Å². The minimum absolute atomic E-state index is 0.523. The number of halogens is 1. The summed E-state index contributed by atoms with van der Waals surface area (Å²) < 4.78 is 9.70. The van der Waals surface area contributed by atoms with E-state index < -0.39 is 0 Å². The molecule has 0 saturated heterocycles. The molecule has 178 valence electrons. The van der Waals surface area contributed by atoms with Crippen LogP contribution in [0.15, 0.2) is 114 Å². The fraction of sp³-hybridized carbons (Fsp3) is 0.0333. The first-order valence-electron chi connectivity index (χ1n) is 11.9. The number of hydrogen-bond donors (Lipinski definition) is 0. The van der Waals surface area contributed by atoms with Crippen LogP contribution in [0.2, 0.25) is 5.02 Å². The molecule has 7 rings (SSSR count). The number of aromatic nitrogens is 5. The Morgan fingerprint density at radius 2 is 1.49 bits per heavy atom. The second-order valence-electron chi connectivity index (χ2n) is 8.75. The van der Waals surface area contributed by atoms with Crippen LogP contribution in [0.5, 0.6) is 0 Å². The summed E-state index contributed by atoms with van der Waals surface area (Å²) in [5.41, 5.74) is 6.54. The maximum atomic E-state index is 6.50. The third-order valence-corrected chi connectivity index (χ3v) is 6.83. The summed E-state index contributed by atoms with van der Waals surface area (Å²) in [7, 11) is 0. The van der Waals surface area contributed by atoms with Crippen molar-refractivity contribution in [2.75, 3.05) is 0 Å². The zero-order valence-electron chi connectivity index (χ0n) is 19.6. The van der Waals surface area contributed by atoms with Gasteiger partial charge >= 0.3 is 0 Å². The third-order valence-electron chi connectivity index (χ3n) is 6.50. The quantitative estimate of drug-likeness (QED) is 0.247. The zero-order chi connectivity index (χ0) is 24.8. The van der Waals surface area contributed by atoms with Crippen molar-refractivity contribution < 1.29 is 4.42 Å². The number of fused-ring (bicyclic) bond motifs is 3. The monoisotopic (exact) mass is 501 g/mol. The Morgan fingerprint density at radius 1 is 0.757 bits per heavy atom. The van der Waals surface area contributed by atoms with Gasteiger partial charge in [0.15, 0.2) is 11.5 Å². The van der Waals surface area contributed by atoms with Gasteiger partial charge in [0.2, 0.25) is 0 Å². The average molecular weight is 502 g/mol. The Balaban J connectivity index is 1.61. The van der Waals surface area contributed by atoms with Gasteiger partial charge < -0.3 is 8.98 Å². The molecule has 4 aromatic heterocycles. The SMILES string of the molecule is Clc1ccccc1-c1nc2c3c(-c4ccccc4)c(-c4ccccc4)n(Cc4ccco4)c3ncn2n1. The normalized spacial score (nSPS) is 11.5. The fourth-order valence-electron chi connectivity index (χ4n) is 4.89. The molecule has 0 fully saturated rings. The zero-order valence-corrected chi connectivity index (χ0v) is 20.4. The molecule has 3 aromatic carbocycles. The van der Waals surface area contributed by atoms with Crippen molar-refractivity contribution in [1.29, 1.82) is 0 Å². The molecule has 0 aliphatic rings. The number of hydrogen-bond acceptors (Lipinski definition) is 4. The number of furan rings is 1. The first-order valence-corrected chi connectivity index (χ1v) is 12.3. The minimum Gasteiger partial charge on any atom is -0.467 e. The van der Waals surface area contributed by atoms with Crippen LogP contribution in [0.1, 0.15) is 5.76 Å². The van der Waals surface area contributed by atoms with Crippen molar-refractivity contribution in [3.05, 3.63) is 120 Å². The highest BCUT2D eigenvalue weighted by Crippen LogP contribution is 2.42. The second-order valence-corrected chi connectivity index (χ2v) is 9.15. The van der Waals surface area contributed by atoms with Crippen molar-refractivity contribution in [3.63, 3.8) is 0 Å². The molecule has 4 heterocycles. The van der Waals surface area contributed by atoms with Crippen LogP contribution in [0.4, 0.5) is 0 Å². The molecule has 0 N–H and O–H groups in total. The van der Waals surface area contributed by atoms with Gasteiger partial charge in [-0.2, -0.15) is 0 Å². The smallest absolute Gasteiger partial charge is 0.183 e. The van der Waals surface area contributed by atoms with Crippen molar-refractivity contribution in [3.8, 4) is 33.8 Å². The van der Waals surface area contributed by atoms with E-state index in [9.17, 15) is 0 Å². The highest BCUT2D eigenvalue weighted by atomic mass is 35.5. The predicted molar refractivity (Wildman–Crippen MR) is 145 cm³/mol. The molecule has 0 aliphatic carbocycles. The van der Waals surface area contributed by atoms with Crippen LogP contribution in [0.3, 0.4) is 0 Å². The van der Waals surface area contributed by atoms with Crippen molar-refractivity contribution in [2.24, 2.45) is 0 Å². The van der Waals surface area contributed by atoms with Crippen LogP contribution in [-0.2, 0) is 6.54 Å². The highest BCUT2D eigenvalue weighted by Gasteiger charge is 2.25. The van der Waals surface area contributed by atoms with Gasteiger partial charge in [0.25, 0.3) is 0 Å². The minimum atomic E-state index is 0.523. The molecule has 0 atom stereocenters. The molecule has 37 heavy (non-hydrogen) atoms. The van der Waals surface area contributed by atoms with E-state index in [-0.39, 0.29) is 0 Å². The van der Waals surface area contributed by atoms with E-state index in [1.54, 1.807) is 17.1 Å². The summed E-state index contributed by atoms with van der Waals surface area (Å²) in [6.45, 7) is 0.523. The van der Waals surface area contributed by atoms with Crippen LogP contribution in [-0.4, -0.2) is 24.1 Å². The number of rotatable bonds is 5. The molecule has 0 radical (unpaired) electrons. The van der Waals surface area contributed by atoms with E-state index in [1.807, 2.05) is 60.7 Å². The van der Waals surface area contributed by atoms with Crippen LogP contribution >= 0.6 is 11.6 Å². The average Bonchev–Trinajstić information content (AvgIpc) is 3.68. The number of nitrogens with zero attached hydrogens (tertiary/aromatic N) is 5. The summed E-state index contributed by atoms with van der Waals surface area (Å²) >= 11 is 6.50. The van der Waals surface area contributed by atoms with E-state index >= 15 is 0 Å². The van der Waals surface area contributed by atoms with Gasteiger partial charge in [-0.05, 0) is 35.4 Å². The summed E-state index contributed by atoms with van der Waals surface area (Å²) in [5, 5.41) is 6.27. The molecule has 0 saturated carbocycles. The summed E-state index contributed by atoms with van der Waals surface area (Å²) in [5.74, 6) is 1.40. The van der Waals surface area contributed by atoms with Crippen LogP contribution in [0, 0.1) is 0 Å². The molecule has 0 unspecified atom stereocenters. The Labute approximate surface area is 217 Å². The maximum absolute atomic E-state index is 6.50. The topological polar surface area (TPSA) is 61.2 Å². The molecule has 7 aromatic rings. The molecule has 0 aliphatic heterocycles. The lowest BCUT2D eigenvalue weighted by atomic mass is 9.99. The van der Waals surface area contributed by atoms with E-state index in [1.165, 1.54) is 0 Å². The van der Waals surface area contributed by atoms with Crippen molar-refractivity contribution >= 4 is 28.3 Å². The molecular formula is C30H20ClN5O. The Bertz CT molecular complexity index is 1860. The third kappa shape index (κ3) is 3.61. The standard InChI is InChI=1S/C30H20ClN5O/c31-24-16-8-7-15-23(24)28-33-30-26-25(20-10-3-1-4-11-20)27(21-12-5-2-6-13-21)35(18-22-14-9-17-37-22)29(26)32-19-36(30)34-28/h1-17,19H,18H2. The first kappa shape index (κ1) is 21.6. The summed E-state index contributed by atoms with van der Waals surface area (Å²) in [6.07, 6.45) is 3.41. The Kier molecular flexibility index (Phi) is 5.11. The van der Waals surface area contributed by atoms with E-state index in [0.717, 1.165) is 44.7 Å². The molecule has 7 heteroatoms. The lowest BCUT2D eigenvalue weighted by Gasteiger charge is -2.11. The molecule has 0 spiro atoms. The molecule has 0 amide bonds. The fourth-order valence-corrected chi connectivity index (χ4v) is 5.11. The molecular weight excluding hydrogens is 482 g/mol. The maximum Gasteiger partial charge on any atom is 0.183 e. The largest absolute Gasteiger partial charge is 0.467 e. The van der Waals surface area contributed by atoms with Crippen LogP contribution in [0.25, 0.3) is 50.5 Å². The molecule has 0 bridgehead atoms. The summed E-state index contributed by atoms with van der Waals surface area (Å²) in [4.78, 5) is 9.89. The highest BCUT2D eigenvalue weighted by molar-refractivity contribution is 6.33. The lowest BCUT2D eigenvalue weighted by Crippen LogP contribution is -2.03. The van der Waals surface area contributed by atoms with Gasteiger partial charge in [0.05, 0.1) is 28.9 Å². The summed E-state index contributed by atoms with van der Waals surface area (Å²) in [6, 6.07) is 32.2. The van der Waals surface area contributed by atoms with Crippen molar-refractivity contribution in [2.45, 2.75) is 6.54 Å². The van der Waals surface area contributed by atoms with Crippen LogP contribution < -0.4 is 0 Å². The van der Waals surface area contributed by atoms with Gasteiger partial charge in [-0.15, -0.1) is 5.10 Å². The lowest BCUT2D eigenvalue weighted by molar-refractivity contribution is 0.497. The van der Waals surface area contributed by atoms with Gasteiger partial charge in [-0.3, -0.25) is 0 Å². The Hall–Kier alpha value is -4.68. The predicted octanol–water partition coefficient (Wildman–Crippen LogP) is 7.37. The van der Waals surface area contributed by atoms with Gasteiger partial charge in [-0.1, -0.05) is 84.4 Å². The molecule has 6 nitrogen and oxygen atoms in total. The van der Waals surface area contributed by atoms with Gasteiger partial charge in [0.1, 0.15) is 17.7 Å². The van der Waals surface area contributed by atoms with E-state index in [4.69, 9.17) is 31.1 Å². The van der Waals surface area contributed by atoms with Gasteiger partial charge in [-0.25, -0.2) is 14.5 Å². The first-order chi connectivity index (χ1) is 18.3. The second kappa shape index (κ2) is 8.76. The van der Waals surface area contributed by atoms with E-state index in [2.05, 4.69) is 41.0 Å². The van der Waals surface area contributed by atoms with Gasteiger partial charge in [0, 0.05) is 11.1 Å².